The van der Waals surface area contributed by atoms with Gasteiger partial charge in [0.25, 0.3) is 11.1 Å². The van der Waals surface area contributed by atoms with Gasteiger partial charge in [0.2, 0.25) is 0 Å². The number of hydrogen-bond acceptors (Lipinski definition) is 4. The number of para-hydroxylation sites is 1. The van der Waals surface area contributed by atoms with E-state index in [1.807, 2.05) is 11.0 Å². The van der Waals surface area contributed by atoms with E-state index in [9.17, 15) is 4.79 Å². The average Bonchev–Trinajstić information content (AvgIpc) is 3.06. The molecule has 0 unspecified atom stereocenters. The minimum Gasteiger partial charge on any atom is -0.467 e. The van der Waals surface area contributed by atoms with E-state index in [4.69, 9.17) is 16.3 Å². The van der Waals surface area contributed by atoms with Crippen LogP contribution in [0.5, 0.6) is 5.19 Å². The maximum atomic E-state index is 12.6. The Morgan fingerprint density at radius 2 is 2.00 bits per heavy atom. The molecule has 4 nitrogen and oxygen atoms in total. The summed E-state index contributed by atoms with van der Waals surface area (Å²) in [5, 5.41) is 1.30. The molecular formula is C20H19ClN2O2S. The molecule has 0 bridgehead atoms. The molecule has 0 aliphatic carbocycles. The van der Waals surface area contributed by atoms with Gasteiger partial charge >= 0.3 is 0 Å². The molecule has 0 saturated carbocycles. The van der Waals surface area contributed by atoms with Crippen LogP contribution in [0.4, 0.5) is 0 Å². The monoisotopic (exact) mass is 386 g/mol. The standard InChI is InChI=1S/C20H19ClN2O2S/c1-13-4-2-7-17-18(13)22-20(26-17)25-16-8-10-23(11-9-16)19(24)14-5-3-6-15(21)12-14/h2-7,12,16H,8-11H2,1H3. The third kappa shape index (κ3) is 3.55. The number of amides is 1. The van der Waals surface area contributed by atoms with E-state index < -0.39 is 0 Å². The van der Waals surface area contributed by atoms with Crippen molar-refractivity contribution in [2.45, 2.75) is 25.9 Å². The molecule has 3 aromatic rings. The van der Waals surface area contributed by atoms with Crippen molar-refractivity contribution in [2.75, 3.05) is 13.1 Å². The first kappa shape index (κ1) is 17.3. The fraction of sp³-hybridized carbons (Fsp3) is 0.300. The lowest BCUT2D eigenvalue weighted by atomic mass is 10.1. The number of fused-ring (bicyclic) bond motifs is 1. The van der Waals surface area contributed by atoms with Gasteiger partial charge < -0.3 is 9.64 Å². The fourth-order valence-corrected chi connectivity index (χ4v) is 4.39. The zero-order valence-electron chi connectivity index (χ0n) is 14.4. The predicted molar refractivity (Wildman–Crippen MR) is 105 cm³/mol. The van der Waals surface area contributed by atoms with E-state index in [1.54, 1.807) is 35.6 Å². The van der Waals surface area contributed by atoms with Crippen LogP contribution in [0.1, 0.15) is 28.8 Å². The van der Waals surface area contributed by atoms with Crippen molar-refractivity contribution >= 4 is 39.1 Å². The second-order valence-corrected chi connectivity index (χ2v) is 7.95. The Morgan fingerprint density at radius 3 is 2.73 bits per heavy atom. The minimum atomic E-state index is 0.0292. The number of thiazole rings is 1. The van der Waals surface area contributed by atoms with Crippen molar-refractivity contribution in [1.29, 1.82) is 0 Å². The Bertz CT molecular complexity index is 948. The van der Waals surface area contributed by atoms with E-state index in [1.165, 1.54) is 0 Å². The number of rotatable bonds is 3. The predicted octanol–water partition coefficient (Wildman–Crippen LogP) is 4.94. The fourth-order valence-electron chi connectivity index (χ4n) is 3.24. The SMILES string of the molecule is Cc1cccc2sc(OC3CCN(C(=O)c4cccc(Cl)c4)CC3)nc12. The second kappa shape index (κ2) is 7.25. The number of halogens is 1. The number of aryl methyl sites for hydroxylation is 1. The van der Waals surface area contributed by atoms with E-state index in [0.717, 1.165) is 28.6 Å². The zero-order valence-corrected chi connectivity index (χ0v) is 16.0. The van der Waals surface area contributed by atoms with Crippen LogP contribution in [0.25, 0.3) is 10.2 Å². The quantitative estimate of drug-likeness (QED) is 0.640. The summed E-state index contributed by atoms with van der Waals surface area (Å²) in [5.74, 6) is 0.0292. The van der Waals surface area contributed by atoms with Crippen molar-refractivity contribution < 1.29 is 9.53 Å². The van der Waals surface area contributed by atoms with Crippen LogP contribution >= 0.6 is 22.9 Å². The molecule has 134 valence electrons. The molecule has 2 aromatic carbocycles. The minimum absolute atomic E-state index is 0.0292. The molecule has 0 radical (unpaired) electrons. The molecule has 2 heterocycles. The van der Waals surface area contributed by atoms with Gasteiger partial charge in [-0.2, -0.15) is 0 Å². The number of piperidine rings is 1. The molecule has 1 aliphatic rings. The first-order valence-electron chi connectivity index (χ1n) is 8.68. The summed E-state index contributed by atoms with van der Waals surface area (Å²) in [6.45, 7) is 3.42. The first-order chi connectivity index (χ1) is 12.6. The van der Waals surface area contributed by atoms with Crippen LogP contribution in [0.2, 0.25) is 5.02 Å². The molecule has 0 spiro atoms. The highest BCUT2D eigenvalue weighted by Crippen LogP contribution is 2.31. The summed E-state index contributed by atoms with van der Waals surface area (Å²) < 4.78 is 7.24. The Balaban J connectivity index is 1.38. The van der Waals surface area contributed by atoms with Gasteiger partial charge in [-0.1, -0.05) is 41.1 Å². The maximum absolute atomic E-state index is 12.6. The van der Waals surface area contributed by atoms with Crippen molar-refractivity contribution in [1.82, 2.24) is 9.88 Å². The Kier molecular flexibility index (Phi) is 4.83. The molecular weight excluding hydrogens is 368 g/mol. The average molecular weight is 387 g/mol. The van der Waals surface area contributed by atoms with Crippen molar-refractivity contribution in [3.63, 3.8) is 0 Å². The number of benzene rings is 2. The largest absolute Gasteiger partial charge is 0.467 e. The number of carbonyl (C=O) groups excluding carboxylic acids is 1. The first-order valence-corrected chi connectivity index (χ1v) is 9.87. The van der Waals surface area contributed by atoms with Gasteiger partial charge in [0.15, 0.2) is 0 Å². The Labute approximate surface area is 161 Å². The molecule has 1 saturated heterocycles. The number of nitrogens with zero attached hydrogens (tertiary/aromatic N) is 2. The Hall–Kier alpha value is -2.11. The highest BCUT2D eigenvalue weighted by molar-refractivity contribution is 7.20. The van der Waals surface area contributed by atoms with E-state index in [0.29, 0.717) is 28.9 Å². The molecule has 1 aromatic heterocycles. The van der Waals surface area contributed by atoms with E-state index in [2.05, 4.69) is 24.0 Å². The lowest BCUT2D eigenvalue weighted by Gasteiger charge is -2.31. The summed E-state index contributed by atoms with van der Waals surface area (Å²) in [5.41, 5.74) is 2.81. The third-order valence-electron chi connectivity index (χ3n) is 4.67. The van der Waals surface area contributed by atoms with Gasteiger partial charge in [0.05, 0.1) is 10.2 Å². The number of hydrogen-bond donors (Lipinski definition) is 0. The topological polar surface area (TPSA) is 42.4 Å². The number of carbonyl (C=O) groups is 1. The van der Waals surface area contributed by atoms with E-state index >= 15 is 0 Å². The van der Waals surface area contributed by atoms with Gasteiger partial charge in [-0.25, -0.2) is 4.98 Å². The van der Waals surface area contributed by atoms with Crippen molar-refractivity contribution in [3.8, 4) is 5.19 Å². The van der Waals surface area contributed by atoms with Crippen LogP contribution in [0, 0.1) is 6.92 Å². The Morgan fingerprint density at radius 1 is 1.23 bits per heavy atom. The van der Waals surface area contributed by atoms with Crippen molar-refractivity contribution in [3.05, 3.63) is 58.6 Å². The van der Waals surface area contributed by atoms with Gasteiger partial charge in [-0.3, -0.25) is 4.79 Å². The van der Waals surface area contributed by atoms with Crippen LogP contribution in [0.15, 0.2) is 42.5 Å². The molecule has 1 fully saturated rings. The molecule has 4 rings (SSSR count). The normalized spacial score (nSPS) is 15.4. The number of ether oxygens (including phenoxy) is 1. The summed E-state index contributed by atoms with van der Waals surface area (Å²) in [6.07, 6.45) is 1.71. The lowest BCUT2D eigenvalue weighted by molar-refractivity contribution is 0.0595. The smallest absolute Gasteiger partial charge is 0.274 e. The number of likely N-dealkylation sites (tertiary alicyclic amines) is 1. The summed E-state index contributed by atoms with van der Waals surface area (Å²) in [4.78, 5) is 19.1. The van der Waals surface area contributed by atoms with Gasteiger partial charge in [-0.15, -0.1) is 0 Å². The molecule has 6 heteroatoms. The van der Waals surface area contributed by atoms with Crippen LogP contribution < -0.4 is 4.74 Å². The molecule has 0 N–H and O–H groups in total. The third-order valence-corrected chi connectivity index (χ3v) is 5.82. The van der Waals surface area contributed by atoms with Crippen molar-refractivity contribution in [2.24, 2.45) is 0 Å². The van der Waals surface area contributed by atoms with E-state index in [-0.39, 0.29) is 12.0 Å². The maximum Gasteiger partial charge on any atom is 0.274 e. The van der Waals surface area contributed by atoms with Crippen LogP contribution in [-0.4, -0.2) is 35.0 Å². The highest BCUT2D eigenvalue weighted by Gasteiger charge is 2.25. The lowest BCUT2D eigenvalue weighted by Crippen LogP contribution is -2.41. The molecule has 1 aliphatic heterocycles. The van der Waals surface area contributed by atoms with Crippen LogP contribution in [-0.2, 0) is 0 Å². The molecule has 0 atom stereocenters. The van der Waals surface area contributed by atoms with Gasteiger partial charge in [0.1, 0.15) is 6.10 Å². The molecule has 26 heavy (non-hydrogen) atoms. The highest BCUT2D eigenvalue weighted by atomic mass is 35.5. The number of aromatic nitrogens is 1. The summed E-state index contributed by atoms with van der Waals surface area (Å²) in [6, 6.07) is 13.3. The zero-order chi connectivity index (χ0) is 18.1. The summed E-state index contributed by atoms with van der Waals surface area (Å²) in [7, 11) is 0. The van der Waals surface area contributed by atoms with Gasteiger partial charge in [-0.05, 0) is 36.8 Å². The van der Waals surface area contributed by atoms with Crippen LogP contribution in [0.3, 0.4) is 0 Å². The van der Waals surface area contributed by atoms with Gasteiger partial charge in [0, 0.05) is 36.5 Å². The second-order valence-electron chi connectivity index (χ2n) is 6.52. The molecule has 1 amide bonds. The summed E-state index contributed by atoms with van der Waals surface area (Å²) >= 11 is 7.57.